The summed E-state index contributed by atoms with van der Waals surface area (Å²) in [6.07, 6.45) is 6.44. The molecule has 0 fully saturated rings. The van der Waals surface area contributed by atoms with Gasteiger partial charge in [-0.1, -0.05) is 18.2 Å². The van der Waals surface area contributed by atoms with Crippen molar-refractivity contribution in [1.82, 2.24) is 20.3 Å². The van der Waals surface area contributed by atoms with E-state index >= 15 is 0 Å². The second kappa shape index (κ2) is 7.53. The smallest absolute Gasteiger partial charge is 0.254 e. The lowest BCUT2D eigenvalue weighted by Gasteiger charge is -2.09. The fraction of sp³-hybridized carbons (Fsp3) is 0.158. The van der Waals surface area contributed by atoms with Crippen LogP contribution in [-0.4, -0.2) is 20.9 Å². The average molecular weight is 333 g/mol. The summed E-state index contributed by atoms with van der Waals surface area (Å²) in [5.74, 6) is 0.236. The Hall–Kier alpha value is -3.28. The molecule has 1 aromatic carbocycles. The lowest BCUT2D eigenvalue weighted by Crippen LogP contribution is -2.23. The second-order valence-electron chi connectivity index (χ2n) is 5.78. The number of rotatable bonds is 5. The van der Waals surface area contributed by atoms with Crippen LogP contribution in [0, 0.1) is 13.8 Å². The molecule has 0 aliphatic heterocycles. The molecule has 0 bridgehead atoms. The minimum absolute atomic E-state index is 0.220. The zero-order valence-corrected chi connectivity index (χ0v) is 14.2. The van der Waals surface area contributed by atoms with Crippen molar-refractivity contribution < 1.29 is 4.79 Å². The van der Waals surface area contributed by atoms with Gasteiger partial charge >= 0.3 is 0 Å². The molecular weight excluding hydrogens is 314 g/mol. The Balaban J connectivity index is 1.63. The number of nitrogens with zero attached hydrogens (tertiary/aromatic N) is 3. The van der Waals surface area contributed by atoms with E-state index in [4.69, 9.17) is 0 Å². The zero-order chi connectivity index (χ0) is 17.6. The van der Waals surface area contributed by atoms with Crippen LogP contribution in [0.25, 0.3) is 0 Å². The SMILES string of the molecule is Cc1ccc(C)c(Nc2ncc(C(=O)NCc3cccnc3)cn2)c1. The zero-order valence-electron chi connectivity index (χ0n) is 14.2. The van der Waals surface area contributed by atoms with Gasteiger partial charge in [0.1, 0.15) is 0 Å². The molecule has 25 heavy (non-hydrogen) atoms. The normalized spacial score (nSPS) is 10.3. The Labute approximate surface area is 146 Å². The van der Waals surface area contributed by atoms with Crippen molar-refractivity contribution in [2.45, 2.75) is 20.4 Å². The molecule has 6 heteroatoms. The largest absolute Gasteiger partial charge is 0.348 e. The van der Waals surface area contributed by atoms with Gasteiger partial charge in [-0.3, -0.25) is 9.78 Å². The lowest BCUT2D eigenvalue weighted by atomic mass is 10.1. The molecule has 2 aromatic heterocycles. The first-order chi connectivity index (χ1) is 12.1. The van der Waals surface area contributed by atoms with Crippen molar-refractivity contribution in [1.29, 1.82) is 0 Å². The highest BCUT2D eigenvalue weighted by Crippen LogP contribution is 2.19. The summed E-state index contributed by atoms with van der Waals surface area (Å²) in [6, 6.07) is 9.86. The van der Waals surface area contributed by atoms with Crippen LogP contribution in [0.5, 0.6) is 0 Å². The van der Waals surface area contributed by atoms with E-state index in [1.165, 1.54) is 12.4 Å². The first kappa shape index (κ1) is 16.6. The average Bonchev–Trinajstić information content (AvgIpc) is 2.64. The molecule has 3 aromatic rings. The van der Waals surface area contributed by atoms with Gasteiger partial charge < -0.3 is 10.6 Å². The molecule has 0 saturated heterocycles. The van der Waals surface area contributed by atoms with E-state index in [1.807, 2.05) is 38.1 Å². The van der Waals surface area contributed by atoms with Gasteiger partial charge in [0.2, 0.25) is 5.95 Å². The minimum atomic E-state index is -0.220. The minimum Gasteiger partial charge on any atom is -0.348 e. The van der Waals surface area contributed by atoms with Gasteiger partial charge in [-0.05, 0) is 42.7 Å². The maximum absolute atomic E-state index is 12.2. The molecule has 1 amide bonds. The Morgan fingerprint density at radius 2 is 1.88 bits per heavy atom. The fourth-order valence-electron chi connectivity index (χ4n) is 2.29. The first-order valence-corrected chi connectivity index (χ1v) is 7.95. The molecule has 126 valence electrons. The fourth-order valence-corrected chi connectivity index (χ4v) is 2.29. The van der Waals surface area contributed by atoms with Crippen LogP contribution in [0.15, 0.2) is 55.1 Å². The molecule has 2 N–H and O–H groups in total. The molecule has 2 heterocycles. The first-order valence-electron chi connectivity index (χ1n) is 7.95. The molecule has 3 rings (SSSR count). The molecule has 0 atom stereocenters. The molecule has 0 unspecified atom stereocenters. The second-order valence-corrected chi connectivity index (χ2v) is 5.78. The number of nitrogens with one attached hydrogen (secondary N) is 2. The van der Waals surface area contributed by atoms with Gasteiger partial charge in [0.15, 0.2) is 0 Å². The Morgan fingerprint density at radius 1 is 1.08 bits per heavy atom. The van der Waals surface area contributed by atoms with E-state index in [0.29, 0.717) is 18.1 Å². The summed E-state index contributed by atoms with van der Waals surface area (Å²) in [7, 11) is 0. The number of carbonyl (C=O) groups excluding carboxylic acids is 1. The third-order valence-electron chi connectivity index (χ3n) is 3.73. The van der Waals surface area contributed by atoms with E-state index in [-0.39, 0.29) is 5.91 Å². The van der Waals surface area contributed by atoms with Gasteiger partial charge in [-0.2, -0.15) is 0 Å². The number of aryl methyl sites for hydroxylation is 2. The van der Waals surface area contributed by atoms with E-state index in [9.17, 15) is 4.79 Å². The topological polar surface area (TPSA) is 79.8 Å². The molecule has 0 spiro atoms. The number of hydrogen-bond acceptors (Lipinski definition) is 5. The van der Waals surface area contributed by atoms with Crippen molar-refractivity contribution in [3.8, 4) is 0 Å². The molecular formula is C19H19N5O. The molecule has 0 radical (unpaired) electrons. The molecule has 6 nitrogen and oxygen atoms in total. The van der Waals surface area contributed by atoms with Gasteiger partial charge in [-0.25, -0.2) is 9.97 Å². The summed E-state index contributed by atoms with van der Waals surface area (Å²) in [5, 5.41) is 6.00. The van der Waals surface area contributed by atoms with Crippen LogP contribution in [0.3, 0.4) is 0 Å². The summed E-state index contributed by atoms with van der Waals surface area (Å²) in [6.45, 7) is 4.46. The lowest BCUT2D eigenvalue weighted by molar-refractivity contribution is 0.0950. The van der Waals surface area contributed by atoms with Crippen LogP contribution < -0.4 is 10.6 Å². The Bertz CT molecular complexity index is 863. The van der Waals surface area contributed by atoms with Gasteiger partial charge in [0, 0.05) is 37.0 Å². The summed E-state index contributed by atoms with van der Waals surface area (Å²) >= 11 is 0. The number of amides is 1. The maximum atomic E-state index is 12.2. The van der Waals surface area contributed by atoms with Gasteiger partial charge in [0.25, 0.3) is 5.91 Å². The van der Waals surface area contributed by atoms with E-state index in [2.05, 4.69) is 31.7 Å². The number of pyridine rings is 1. The third kappa shape index (κ3) is 4.38. The number of carbonyl (C=O) groups is 1. The van der Waals surface area contributed by atoms with Crippen LogP contribution in [0.2, 0.25) is 0 Å². The Kier molecular flexibility index (Phi) is 4.99. The quantitative estimate of drug-likeness (QED) is 0.750. The summed E-state index contributed by atoms with van der Waals surface area (Å²) in [5.41, 5.74) is 4.56. The standard InChI is InChI=1S/C19H19N5O/c1-13-5-6-14(2)17(8-13)24-19-22-11-16(12-23-19)18(25)21-10-15-4-3-7-20-9-15/h3-9,11-12H,10H2,1-2H3,(H,21,25)(H,22,23,24). The number of anilines is 2. The van der Waals surface area contributed by atoms with E-state index in [0.717, 1.165) is 22.4 Å². The number of aromatic nitrogens is 3. The molecule has 0 aliphatic rings. The van der Waals surface area contributed by atoms with Crippen molar-refractivity contribution in [3.63, 3.8) is 0 Å². The number of hydrogen-bond donors (Lipinski definition) is 2. The Morgan fingerprint density at radius 3 is 2.60 bits per heavy atom. The monoisotopic (exact) mass is 333 g/mol. The van der Waals surface area contributed by atoms with Crippen LogP contribution in [0.1, 0.15) is 27.0 Å². The van der Waals surface area contributed by atoms with Crippen molar-refractivity contribution >= 4 is 17.5 Å². The molecule has 0 saturated carbocycles. The van der Waals surface area contributed by atoms with Crippen molar-refractivity contribution in [3.05, 3.63) is 77.4 Å². The van der Waals surface area contributed by atoms with E-state index < -0.39 is 0 Å². The summed E-state index contributed by atoms with van der Waals surface area (Å²) in [4.78, 5) is 24.6. The highest BCUT2D eigenvalue weighted by atomic mass is 16.1. The van der Waals surface area contributed by atoms with Crippen molar-refractivity contribution in [2.75, 3.05) is 5.32 Å². The van der Waals surface area contributed by atoms with Crippen LogP contribution in [-0.2, 0) is 6.54 Å². The highest BCUT2D eigenvalue weighted by Gasteiger charge is 2.08. The predicted molar refractivity (Wildman–Crippen MR) is 96.6 cm³/mol. The predicted octanol–water partition coefficient (Wildman–Crippen LogP) is 3.16. The highest BCUT2D eigenvalue weighted by molar-refractivity contribution is 5.93. The van der Waals surface area contributed by atoms with Crippen molar-refractivity contribution in [2.24, 2.45) is 0 Å². The van der Waals surface area contributed by atoms with Crippen LogP contribution in [0.4, 0.5) is 11.6 Å². The maximum Gasteiger partial charge on any atom is 0.254 e. The third-order valence-corrected chi connectivity index (χ3v) is 3.73. The molecule has 0 aliphatic carbocycles. The van der Waals surface area contributed by atoms with Gasteiger partial charge in [-0.15, -0.1) is 0 Å². The van der Waals surface area contributed by atoms with Gasteiger partial charge in [0.05, 0.1) is 5.56 Å². The van der Waals surface area contributed by atoms with E-state index in [1.54, 1.807) is 12.4 Å². The number of benzene rings is 1. The van der Waals surface area contributed by atoms with Crippen LogP contribution >= 0.6 is 0 Å². The summed E-state index contributed by atoms with van der Waals surface area (Å²) < 4.78 is 0.